The monoisotopic (exact) mass is 720 g/mol. The molecule has 2 saturated heterocycles. The predicted molar refractivity (Wildman–Crippen MR) is 190 cm³/mol. The van der Waals surface area contributed by atoms with Gasteiger partial charge in [0.15, 0.2) is 0 Å². The molecule has 0 amide bonds. The van der Waals surface area contributed by atoms with Crippen molar-refractivity contribution in [2.45, 2.75) is 44.4 Å². The van der Waals surface area contributed by atoms with Gasteiger partial charge in [-0.25, -0.2) is 23.7 Å². The van der Waals surface area contributed by atoms with Crippen molar-refractivity contribution in [1.82, 2.24) is 29.1 Å². The summed E-state index contributed by atoms with van der Waals surface area (Å²) in [5.74, 6) is -0.432. The molecule has 15 heteroatoms. The fourth-order valence-corrected chi connectivity index (χ4v) is 6.80. The van der Waals surface area contributed by atoms with Crippen LogP contribution in [0.2, 0.25) is 10.0 Å². The number of aromatic nitrogens is 6. The predicted octanol–water partition coefficient (Wildman–Crippen LogP) is 4.55. The number of piperazine rings is 1. The highest BCUT2D eigenvalue weighted by Crippen LogP contribution is 2.40. The molecule has 13 nitrogen and oxygen atoms in total. The van der Waals surface area contributed by atoms with E-state index in [1.165, 1.54) is 21.9 Å². The number of nitrogens with zero attached hydrogens (tertiary/aromatic N) is 8. The second-order valence-electron chi connectivity index (χ2n) is 12.5. The lowest BCUT2D eigenvalue weighted by atomic mass is 10.1. The fourth-order valence-electron chi connectivity index (χ4n) is 6.25. The van der Waals surface area contributed by atoms with Crippen molar-refractivity contribution >= 4 is 34.6 Å². The Kier molecular flexibility index (Phi) is 9.84. The van der Waals surface area contributed by atoms with Crippen LogP contribution in [0.1, 0.15) is 25.5 Å². The van der Waals surface area contributed by atoms with Gasteiger partial charge >= 0.3 is 5.69 Å². The summed E-state index contributed by atoms with van der Waals surface area (Å²) < 4.78 is 23.3. The Morgan fingerprint density at radius 3 is 2.20 bits per heavy atom. The van der Waals surface area contributed by atoms with Crippen LogP contribution < -0.4 is 20.2 Å². The Labute approximate surface area is 299 Å². The zero-order chi connectivity index (χ0) is 34.8. The summed E-state index contributed by atoms with van der Waals surface area (Å²) in [6.07, 6.45) is 3.53. The smallest absolute Gasteiger partial charge is 0.350 e. The first-order valence-electron chi connectivity index (χ1n) is 16.5. The van der Waals surface area contributed by atoms with Crippen molar-refractivity contribution in [2.24, 2.45) is 0 Å². The molecule has 50 heavy (non-hydrogen) atoms. The average Bonchev–Trinajstić information content (AvgIpc) is 3.88. The third kappa shape index (κ3) is 7.10. The molecule has 2 aliphatic heterocycles. The zero-order valence-electron chi connectivity index (χ0n) is 27.7. The third-order valence-electron chi connectivity index (χ3n) is 9.23. The van der Waals surface area contributed by atoms with E-state index in [-0.39, 0.29) is 18.3 Å². The summed E-state index contributed by atoms with van der Waals surface area (Å²) in [4.78, 5) is 21.6. The molecule has 0 bridgehead atoms. The van der Waals surface area contributed by atoms with Crippen molar-refractivity contribution in [1.29, 1.82) is 0 Å². The molecule has 0 aliphatic carbocycles. The number of hydrogen-bond acceptors (Lipinski definition) is 10. The molecule has 1 N–H and O–H groups in total. The van der Waals surface area contributed by atoms with Gasteiger partial charge in [-0.3, -0.25) is 0 Å². The van der Waals surface area contributed by atoms with E-state index in [1.54, 1.807) is 37.0 Å². The van der Waals surface area contributed by atoms with Crippen LogP contribution in [0.25, 0.3) is 5.69 Å². The Balaban J connectivity index is 0.924. The van der Waals surface area contributed by atoms with Crippen molar-refractivity contribution < 1.29 is 19.3 Å². The number of aliphatic hydroxyl groups is 1. The number of aliphatic hydroxyl groups excluding tert-OH is 1. The normalized spacial score (nSPS) is 20.6. The summed E-state index contributed by atoms with van der Waals surface area (Å²) in [6, 6.07) is 20.8. The van der Waals surface area contributed by atoms with Crippen molar-refractivity contribution in [3.05, 3.63) is 112 Å². The molecule has 2 aliphatic rings. The summed E-state index contributed by atoms with van der Waals surface area (Å²) >= 11 is 12.7. The van der Waals surface area contributed by atoms with Crippen LogP contribution in [-0.4, -0.2) is 85.8 Å². The molecule has 262 valence electrons. The van der Waals surface area contributed by atoms with Gasteiger partial charge < -0.3 is 29.1 Å². The molecule has 4 atom stereocenters. The van der Waals surface area contributed by atoms with Crippen molar-refractivity contribution in [3.63, 3.8) is 0 Å². The Hall–Kier alpha value is -4.40. The molecule has 0 unspecified atom stereocenters. The number of ether oxygens (including phenoxy) is 3. The Morgan fingerprint density at radius 1 is 0.920 bits per heavy atom. The molecule has 3 aromatic carbocycles. The molecular formula is C35H38Cl2N8O5. The van der Waals surface area contributed by atoms with Gasteiger partial charge in [-0.05, 0) is 74.5 Å². The molecule has 2 aromatic heterocycles. The molecule has 7 rings (SSSR count). The third-order valence-corrected chi connectivity index (χ3v) is 9.77. The lowest BCUT2D eigenvalue weighted by molar-refractivity contribution is -0.190. The van der Waals surface area contributed by atoms with Crippen LogP contribution in [0.3, 0.4) is 0 Å². The summed E-state index contributed by atoms with van der Waals surface area (Å²) in [7, 11) is 0. The Morgan fingerprint density at radius 2 is 1.58 bits per heavy atom. The van der Waals surface area contributed by atoms with Crippen LogP contribution in [0.15, 0.2) is 90.5 Å². The van der Waals surface area contributed by atoms with Crippen LogP contribution in [0.4, 0.5) is 11.4 Å². The van der Waals surface area contributed by atoms with Gasteiger partial charge in [-0.1, -0.05) is 29.3 Å². The van der Waals surface area contributed by atoms with E-state index in [9.17, 15) is 9.90 Å². The number of hydrogen-bond donors (Lipinski definition) is 1. The van der Waals surface area contributed by atoms with Crippen molar-refractivity contribution in [3.8, 4) is 11.4 Å². The van der Waals surface area contributed by atoms with Crippen molar-refractivity contribution in [2.75, 3.05) is 49.2 Å². The van der Waals surface area contributed by atoms with E-state index in [2.05, 4.69) is 37.1 Å². The number of rotatable bonds is 11. The number of halogens is 2. The zero-order valence-corrected chi connectivity index (χ0v) is 29.2. The van der Waals surface area contributed by atoms with Crippen LogP contribution in [0.5, 0.6) is 5.75 Å². The van der Waals surface area contributed by atoms with Gasteiger partial charge in [0.25, 0.3) is 0 Å². The number of anilines is 2. The maximum Gasteiger partial charge on any atom is 0.350 e. The van der Waals surface area contributed by atoms with Crippen LogP contribution in [0, 0.1) is 0 Å². The first-order chi connectivity index (χ1) is 24.2. The maximum atomic E-state index is 12.8. The van der Waals surface area contributed by atoms with E-state index in [4.69, 9.17) is 37.4 Å². The molecule has 0 radical (unpaired) electrons. The molecule has 5 aromatic rings. The lowest BCUT2D eigenvalue weighted by Crippen LogP contribution is -2.46. The highest BCUT2D eigenvalue weighted by atomic mass is 35.5. The minimum Gasteiger partial charge on any atom is -0.491 e. The molecule has 0 spiro atoms. The second-order valence-corrected chi connectivity index (χ2v) is 13.4. The standard InChI is InChI=1S/C35H38Cl2N8O5/c1-24(25(2)46)45-34(47)44(23-40-45)29-6-4-27(5-7-29)41-13-15-42(16-14-41)28-8-10-30(11-9-28)48-18-31-19-49-35(50-31,20-43-22-38-21-39-43)32-12-3-26(36)17-33(32)37/h3-12,17,21-25,31,46H,13-16,18-20H2,1-2H3/t24-,25-,31-,35-/m1/s1. The summed E-state index contributed by atoms with van der Waals surface area (Å²) in [5.41, 5.74) is 3.33. The SMILES string of the molecule is C[C@H]([C@@H](C)O)n1ncn(-c2ccc(N3CCN(c4ccc(OC[C@@H]5CO[C@@](Cn6cncn6)(c6ccc(Cl)cc6Cl)O5)cc4)CC3)cc2)c1=O. The first kappa shape index (κ1) is 34.1. The van der Waals surface area contributed by atoms with Gasteiger partial charge in [-0.2, -0.15) is 10.2 Å². The maximum absolute atomic E-state index is 12.8. The first-order valence-corrected chi connectivity index (χ1v) is 17.2. The van der Waals surface area contributed by atoms with Crippen LogP contribution in [-0.2, 0) is 21.8 Å². The van der Waals surface area contributed by atoms with E-state index in [1.807, 2.05) is 42.5 Å². The quantitative estimate of drug-likeness (QED) is 0.208. The van der Waals surface area contributed by atoms with E-state index < -0.39 is 17.9 Å². The summed E-state index contributed by atoms with van der Waals surface area (Å²) in [5, 5.41) is 19.2. The Bertz CT molecular complexity index is 1940. The average molecular weight is 722 g/mol. The largest absolute Gasteiger partial charge is 0.491 e. The van der Waals surface area contributed by atoms with Gasteiger partial charge in [0.1, 0.15) is 44.0 Å². The second kappa shape index (κ2) is 14.4. The molecule has 4 heterocycles. The van der Waals surface area contributed by atoms with Crippen LogP contribution >= 0.6 is 23.2 Å². The minimum absolute atomic E-state index is 0.261. The summed E-state index contributed by atoms with van der Waals surface area (Å²) in [6.45, 7) is 7.71. The molecule has 0 saturated carbocycles. The highest BCUT2D eigenvalue weighted by molar-refractivity contribution is 6.35. The van der Waals surface area contributed by atoms with E-state index in [0.29, 0.717) is 28.8 Å². The van der Waals surface area contributed by atoms with Gasteiger partial charge in [0.2, 0.25) is 5.79 Å². The molecular weight excluding hydrogens is 683 g/mol. The highest BCUT2D eigenvalue weighted by Gasteiger charge is 2.45. The fraction of sp³-hybridized carbons (Fsp3) is 0.371. The van der Waals surface area contributed by atoms with E-state index in [0.717, 1.165) is 49.0 Å². The van der Waals surface area contributed by atoms with E-state index >= 15 is 0 Å². The van der Waals surface area contributed by atoms with Gasteiger partial charge in [-0.15, -0.1) is 0 Å². The molecule has 2 fully saturated rings. The minimum atomic E-state index is -1.17. The van der Waals surface area contributed by atoms with Gasteiger partial charge in [0.05, 0.1) is 29.5 Å². The van der Waals surface area contributed by atoms with Gasteiger partial charge in [0, 0.05) is 48.1 Å². The topological polar surface area (TPSA) is 125 Å². The lowest BCUT2D eigenvalue weighted by Gasteiger charge is -2.37. The number of benzene rings is 3.